The van der Waals surface area contributed by atoms with E-state index in [0.29, 0.717) is 37.4 Å². The van der Waals surface area contributed by atoms with E-state index in [1.807, 2.05) is 25.1 Å². The Labute approximate surface area is 122 Å². The molecule has 7 heteroatoms. The molecule has 21 heavy (non-hydrogen) atoms. The standard InChI is InChI=1S/C14H18N4O3/c1-10-15-14(21-17-10)12-9-20-7-6-18(12)8-11-4-3-5-13(16-11)19-2/h3-5,12H,6-9H2,1-2H3/t12-/m0/s1. The van der Waals surface area contributed by atoms with Crippen LogP contribution in [0.4, 0.5) is 0 Å². The van der Waals surface area contributed by atoms with Crippen LogP contribution in [-0.4, -0.2) is 46.9 Å². The summed E-state index contributed by atoms with van der Waals surface area (Å²) in [4.78, 5) is 11.0. The lowest BCUT2D eigenvalue weighted by molar-refractivity contribution is -0.0246. The van der Waals surface area contributed by atoms with E-state index in [9.17, 15) is 0 Å². The van der Waals surface area contributed by atoms with Crippen LogP contribution < -0.4 is 4.74 Å². The molecule has 1 aliphatic heterocycles. The summed E-state index contributed by atoms with van der Waals surface area (Å²) >= 11 is 0. The summed E-state index contributed by atoms with van der Waals surface area (Å²) in [6, 6.07) is 5.72. The summed E-state index contributed by atoms with van der Waals surface area (Å²) in [5.41, 5.74) is 0.942. The smallest absolute Gasteiger partial charge is 0.246 e. The van der Waals surface area contributed by atoms with Gasteiger partial charge >= 0.3 is 0 Å². The Morgan fingerprint density at radius 2 is 2.29 bits per heavy atom. The monoisotopic (exact) mass is 290 g/mol. The van der Waals surface area contributed by atoms with Crippen molar-refractivity contribution >= 4 is 0 Å². The van der Waals surface area contributed by atoms with Gasteiger partial charge in [-0.2, -0.15) is 4.98 Å². The molecule has 1 atom stereocenters. The van der Waals surface area contributed by atoms with Gasteiger partial charge in [0, 0.05) is 19.2 Å². The molecule has 1 fully saturated rings. The first-order valence-electron chi connectivity index (χ1n) is 6.88. The van der Waals surface area contributed by atoms with Gasteiger partial charge in [-0.05, 0) is 13.0 Å². The molecule has 2 aromatic heterocycles. The number of aromatic nitrogens is 3. The van der Waals surface area contributed by atoms with Gasteiger partial charge in [0.05, 0.1) is 26.0 Å². The molecule has 0 aromatic carbocycles. The highest BCUT2D eigenvalue weighted by Crippen LogP contribution is 2.24. The number of aryl methyl sites for hydroxylation is 1. The Kier molecular flexibility index (Phi) is 4.12. The molecule has 0 unspecified atom stereocenters. The van der Waals surface area contributed by atoms with Crippen LogP contribution in [0.25, 0.3) is 0 Å². The minimum atomic E-state index is -0.0343. The molecule has 0 radical (unpaired) electrons. The third kappa shape index (κ3) is 3.20. The first kappa shape index (κ1) is 14.0. The number of pyridine rings is 1. The number of methoxy groups -OCH3 is 1. The lowest BCUT2D eigenvalue weighted by atomic mass is 10.2. The normalized spacial score (nSPS) is 19.6. The van der Waals surface area contributed by atoms with Gasteiger partial charge in [-0.1, -0.05) is 11.2 Å². The summed E-state index contributed by atoms with van der Waals surface area (Å²) in [7, 11) is 1.62. The number of hydrogen-bond donors (Lipinski definition) is 0. The van der Waals surface area contributed by atoms with Crippen LogP contribution in [0.3, 0.4) is 0 Å². The van der Waals surface area contributed by atoms with Gasteiger partial charge in [-0.3, -0.25) is 4.90 Å². The third-order valence-electron chi connectivity index (χ3n) is 3.42. The average Bonchev–Trinajstić information content (AvgIpc) is 2.94. The van der Waals surface area contributed by atoms with Gasteiger partial charge in [-0.25, -0.2) is 4.98 Å². The van der Waals surface area contributed by atoms with Crippen molar-refractivity contribution in [2.75, 3.05) is 26.9 Å². The molecule has 112 valence electrons. The van der Waals surface area contributed by atoms with E-state index in [4.69, 9.17) is 14.0 Å². The molecule has 2 aromatic rings. The maximum absolute atomic E-state index is 5.54. The largest absolute Gasteiger partial charge is 0.481 e. The quantitative estimate of drug-likeness (QED) is 0.841. The van der Waals surface area contributed by atoms with Crippen LogP contribution >= 0.6 is 0 Å². The molecule has 0 saturated carbocycles. The molecule has 0 amide bonds. The molecule has 0 bridgehead atoms. The SMILES string of the molecule is COc1cccc(CN2CCOC[C@H]2c2nc(C)no2)n1. The van der Waals surface area contributed by atoms with Crippen LogP contribution in [0, 0.1) is 6.92 Å². The molecule has 0 aliphatic carbocycles. The van der Waals surface area contributed by atoms with Gasteiger partial charge in [0.1, 0.15) is 6.04 Å². The maximum Gasteiger partial charge on any atom is 0.246 e. The predicted octanol–water partition coefficient (Wildman–Crippen LogP) is 1.36. The Bertz CT molecular complexity index is 601. The van der Waals surface area contributed by atoms with Crippen LogP contribution in [0.2, 0.25) is 0 Å². The van der Waals surface area contributed by atoms with Crippen molar-refractivity contribution in [2.45, 2.75) is 19.5 Å². The fraction of sp³-hybridized carbons (Fsp3) is 0.500. The molecule has 0 spiro atoms. The molecule has 0 N–H and O–H groups in total. The lowest BCUT2D eigenvalue weighted by Crippen LogP contribution is -2.39. The highest BCUT2D eigenvalue weighted by atomic mass is 16.5. The summed E-state index contributed by atoms with van der Waals surface area (Å²) in [6.45, 7) is 4.53. The Hall–Kier alpha value is -1.99. The van der Waals surface area contributed by atoms with Crippen molar-refractivity contribution < 1.29 is 14.0 Å². The van der Waals surface area contributed by atoms with E-state index >= 15 is 0 Å². The topological polar surface area (TPSA) is 73.5 Å². The fourth-order valence-corrected chi connectivity index (χ4v) is 2.37. The number of ether oxygens (including phenoxy) is 2. The summed E-state index contributed by atoms with van der Waals surface area (Å²) in [5, 5.41) is 3.86. The van der Waals surface area contributed by atoms with Crippen molar-refractivity contribution in [2.24, 2.45) is 0 Å². The summed E-state index contributed by atoms with van der Waals surface area (Å²) in [5.74, 6) is 1.84. The van der Waals surface area contributed by atoms with E-state index < -0.39 is 0 Å². The van der Waals surface area contributed by atoms with E-state index in [-0.39, 0.29) is 6.04 Å². The molecule has 7 nitrogen and oxygen atoms in total. The number of hydrogen-bond acceptors (Lipinski definition) is 7. The van der Waals surface area contributed by atoms with Gasteiger partial charge in [0.25, 0.3) is 0 Å². The van der Waals surface area contributed by atoms with Gasteiger partial charge in [0.15, 0.2) is 5.82 Å². The Balaban J connectivity index is 1.77. The summed E-state index contributed by atoms with van der Waals surface area (Å²) in [6.07, 6.45) is 0. The van der Waals surface area contributed by atoms with Crippen molar-refractivity contribution in [1.29, 1.82) is 0 Å². The van der Waals surface area contributed by atoms with Gasteiger partial charge in [-0.15, -0.1) is 0 Å². The zero-order valence-corrected chi connectivity index (χ0v) is 12.2. The molecule has 1 aliphatic rings. The first-order valence-corrected chi connectivity index (χ1v) is 6.88. The van der Waals surface area contributed by atoms with Crippen LogP contribution in [0.15, 0.2) is 22.7 Å². The average molecular weight is 290 g/mol. The van der Waals surface area contributed by atoms with E-state index in [2.05, 4.69) is 20.0 Å². The molecule has 3 heterocycles. The Morgan fingerprint density at radius 1 is 1.38 bits per heavy atom. The first-order chi connectivity index (χ1) is 10.3. The highest BCUT2D eigenvalue weighted by Gasteiger charge is 2.29. The van der Waals surface area contributed by atoms with Crippen molar-refractivity contribution in [3.8, 4) is 5.88 Å². The Morgan fingerprint density at radius 3 is 3.05 bits per heavy atom. The minimum absolute atomic E-state index is 0.0343. The second-order valence-corrected chi connectivity index (χ2v) is 4.91. The lowest BCUT2D eigenvalue weighted by Gasteiger charge is -2.32. The fourth-order valence-electron chi connectivity index (χ4n) is 2.37. The van der Waals surface area contributed by atoms with E-state index in [1.54, 1.807) is 7.11 Å². The van der Waals surface area contributed by atoms with Crippen LogP contribution in [0.5, 0.6) is 5.88 Å². The van der Waals surface area contributed by atoms with Crippen molar-refractivity contribution in [3.05, 3.63) is 35.6 Å². The second-order valence-electron chi connectivity index (χ2n) is 4.91. The van der Waals surface area contributed by atoms with Gasteiger partial charge in [0.2, 0.25) is 11.8 Å². The number of morpholine rings is 1. The molecular formula is C14H18N4O3. The number of nitrogens with zero attached hydrogens (tertiary/aromatic N) is 4. The second kappa shape index (κ2) is 6.19. The highest BCUT2D eigenvalue weighted by molar-refractivity contribution is 5.16. The third-order valence-corrected chi connectivity index (χ3v) is 3.42. The van der Waals surface area contributed by atoms with Crippen molar-refractivity contribution in [1.82, 2.24) is 20.0 Å². The van der Waals surface area contributed by atoms with Crippen LogP contribution in [0.1, 0.15) is 23.5 Å². The molecule has 3 rings (SSSR count). The molecular weight excluding hydrogens is 272 g/mol. The maximum atomic E-state index is 5.54. The van der Waals surface area contributed by atoms with E-state index in [1.165, 1.54) is 0 Å². The minimum Gasteiger partial charge on any atom is -0.481 e. The van der Waals surface area contributed by atoms with Crippen molar-refractivity contribution in [3.63, 3.8) is 0 Å². The number of rotatable bonds is 4. The molecule has 1 saturated heterocycles. The van der Waals surface area contributed by atoms with Crippen LogP contribution in [-0.2, 0) is 11.3 Å². The van der Waals surface area contributed by atoms with E-state index in [0.717, 1.165) is 12.2 Å². The predicted molar refractivity (Wildman–Crippen MR) is 73.8 cm³/mol. The summed E-state index contributed by atoms with van der Waals surface area (Å²) < 4.78 is 16.0. The zero-order valence-electron chi connectivity index (χ0n) is 12.2. The zero-order chi connectivity index (χ0) is 14.7. The van der Waals surface area contributed by atoms with Gasteiger partial charge < -0.3 is 14.0 Å².